The molecular formula is C25H26FN7O2. The summed E-state index contributed by atoms with van der Waals surface area (Å²) in [7, 11) is 0. The van der Waals surface area contributed by atoms with Crippen molar-refractivity contribution in [2.45, 2.75) is 46.1 Å². The Kier molecular flexibility index (Phi) is 5.58. The van der Waals surface area contributed by atoms with E-state index in [9.17, 15) is 9.18 Å². The van der Waals surface area contributed by atoms with Gasteiger partial charge in [0.25, 0.3) is 5.91 Å². The molecule has 1 N–H and O–H groups in total. The number of hydrogen-bond acceptors (Lipinski definition) is 6. The van der Waals surface area contributed by atoms with Crippen LogP contribution in [0.1, 0.15) is 60.8 Å². The summed E-state index contributed by atoms with van der Waals surface area (Å²) < 4.78 is 24.4. The predicted molar refractivity (Wildman–Crippen MR) is 128 cm³/mol. The number of rotatable bonds is 4. The smallest absolute Gasteiger partial charge is 0.258 e. The molecule has 0 radical (unpaired) electrons. The highest BCUT2D eigenvalue weighted by atomic mass is 19.1. The van der Waals surface area contributed by atoms with E-state index in [2.05, 4.69) is 25.8 Å². The largest absolute Gasteiger partial charge is 0.488 e. The van der Waals surface area contributed by atoms with Gasteiger partial charge in [0.1, 0.15) is 12.4 Å². The van der Waals surface area contributed by atoms with Crippen molar-refractivity contribution in [2.24, 2.45) is 0 Å². The summed E-state index contributed by atoms with van der Waals surface area (Å²) in [5.41, 5.74) is 3.46. The van der Waals surface area contributed by atoms with Gasteiger partial charge in [-0.3, -0.25) is 4.79 Å². The van der Waals surface area contributed by atoms with Crippen LogP contribution in [-0.2, 0) is 0 Å². The molecule has 180 valence electrons. The number of imidazole rings is 1. The molecule has 0 unspecified atom stereocenters. The van der Waals surface area contributed by atoms with E-state index in [-0.39, 0.29) is 19.0 Å². The van der Waals surface area contributed by atoms with Crippen molar-refractivity contribution in [3.05, 3.63) is 65.5 Å². The highest BCUT2D eigenvalue weighted by Gasteiger charge is 2.27. The summed E-state index contributed by atoms with van der Waals surface area (Å²) in [5, 5.41) is 14.7. The Morgan fingerprint density at radius 1 is 1.26 bits per heavy atom. The van der Waals surface area contributed by atoms with Crippen molar-refractivity contribution in [1.82, 2.24) is 29.8 Å². The van der Waals surface area contributed by atoms with Crippen LogP contribution < -0.4 is 10.1 Å². The first-order chi connectivity index (χ1) is 16.5. The van der Waals surface area contributed by atoms with E-state index in [1.807, 2.05) is 30.7 Å². The first-order valence-corrected chi connectivity index (χ1v) is 11.2. The van der Waals surface area contributed by atoms with Crippen LogP contribution in [0.5, 0.6) is 5.75 Å². The quantitative estimate of drug-likeness (QED) is 0.460. The van der Waals surface area contributed by atoms with Gasteiger partial charge in [-0.1, -0.05) is 13.5 Å². The molecule has 1 fully saturated rings. The van der Waals surface area contributed by atoms with Crippen molar-refractivity contribution < 1.29 is 13.9 Å². The number of halogens is 1. The minimum Gasteiger partial charge on any atom is -0.488 e. The standard InChI is InChI=1S/C24H22FN7O2.CH4/c1-13-8-18(25)17(9-21(13)31-10-20(26-12-31)15-6-7-15)24(33)27-19-5-3-4-16-22(19)34-11-14(2)32-23(16)28-29-30-32;/h3-5,8-10,12,14-15H,6-7,11H2,1-2H3,(H,27,33);1H4/t14-;/m1./s1. The summed E-state index contributed by atoms with van der Waals surface area (Å²) >= 11 is 0. The summed E-state index contributed by atoms with van der Waals surface area (Å²) in [6.45, 7) is 4.08. The van der Waals surface area contributed by atoms with Gasteiger partial charge in [0.05, 0.1) is 40.6 Å². The third-order valence-corrected chi connectivity index (χ3v) is 6.29. The van der Waals surface area contributed by atoms with E-state index in [4.69, 9.17) is 4.74 Å². The van der Waals surface area contributed by atoms with Crippen LogP contribution in [0.3, 0.4) is 0 Å². The van der Waals surface area contributed by atoms with Gasteiger partial charge >= 0.3 is 0 Å². The molecule has 1 amide bonds. The van der Waals surface area contributed by atoms with E-state index < -0.39 is 11.7 Å². The maximum Gasteiger partial charge on any atom is 0.258 e. The van der Waals surface area contributed by atoms with Crippen LogP contribution in [-0.4, -0.2) is 42.3 Å². The molecule has 2 aliphatic rings. The minimum absolute atomic E-state index is 0. The Labute approximate surface area is 201 Å². The molecule has 1 aliphatic carbocycles. The number of benzene rings is 2. The first kappa shape index (κ1) is 22.7. The van der Waals surface area contributed by atoms with E-state index in [1.54, 1.807) is 29.2 Å². The summed E-state index contributed by atoms with van der Waals surface area (Å²) in [4.78, 5) is 17.7. The zero-order valence-corrected chi connectivity index (χ0v) is 18.7. The van der Waals surface area contributed by atoms with Gasteiger partial charge in [-0.05, 0) is 66.9 Å². The molecular weight excluding hydrogens is 449 g/mol. The molecule has 6 rings (SSSR count). The van der Waals surface area contributed by atoms with Crippen LogP contribution in [0.4, 0.5) is 10.1 Å². The van der Waals surface area contributed by atoms with Gasteiger partial charge in [0, 0.05) is 12.1 Å². The second-order valence-corrected chi connectivity index (χ2v) is 8.84. The Bertz CT molecular complexity index is 1420. The number of nitrogens with one attached hydrogen (secondary N) is 1. The molecule has 1 aliphatic heterocycles. The molecule has 2 aromatic carbocycles. The van der Waals surface area contributed by atoms with Crippen molar-refractivity contribution in [3.63, 3.8) is 0 Å². The Hall–Kier alpha value is -4.08. The molecule has 4 aromatic rings. The number of fused-ring (bicyclic) bond motifs is 3. The molecule has 0 saturated heterocycles. The van der Waals surface area contributed by atoms with E-state index >= 15 is 0 Å². The summed E-state index contributed by atoms with van der Waals surface area (Å²) in [6, 6.07) is 8.16. The van der Waals surface area contributed by atoms with Crippen LogP contribution in [0.25, 0.3) is 17.1 Å². The lowest BCUT2D eigenvalue weighted by Gasteiger charge is -2.15. The number of para-hydroxylation sites is 1. The average Bonchev–Trinajstić information content (AvgIpc) is 3.38. The maximum atomic E-state index is 14.9. The van der Waals surface area contributed by atoms with Crippen LogP contribution >= 0.6 is 0 Å². The molecule has 0 bridgehead atoms. The van der Waals surface area contributed by atoms with Crippen molar-refractivity contribution >= 4 is 11.6 Å². The van der Waals surface area contributed by atoms with Gasteiger partial charge in [-0.2, -0.15) is 0 Å². The number of ether oxygens (including phenoxy) is 1. The number of aromatic nitrogens is 6. The van der Waals surface area contributed by atoms with Gasteiger partial charge in [0.2, 0.25) is 0 Å². The first-order valence-electron chi connectivity index (χ1n) is 11.2. The fourth-order valence-electron chi connectivity index (χ4n) is 4.27. The van der Waals surface area contributed by atoms with Crippen LogP contribution in [0.2, 0.25) is 0 Å². The summed E-state index contributed by atoms with van der Waals surface area (Å²) in [6.07, 6.45) is 5.95. The van der Waals surface area contributed by atoms with Crippen molar-refractivity contribution in [2.75, 3.05) is 11.9 Å². The Morgan fingerprint density at radius 2 is 2.09 bits per heavy atom. The third kappa shape index (κ3) is 3.94. The summed E-state index contributed by atoms with van der Waals surface area (Å²) in [5.74, 6) is 0.331. The Balaban J connectivity index is 0.00000253. The van der Waals surface area contributed by atoms with Crippen molar-refractivity contribution in [3.8, 4) is 22.8 Å². The van der Waals surface area contributed by atoms with E-state index in [1.165, 1.54) is 6.07 Å². The molecule has 3 heterocycles. The third-order valence-electron chi connectivity index (χ3n) is 6.29. The SMILES string of the molecule is C.Cc1cc(F)c(C(=O)Nc2cccc3c2OC[C@@H](C)n2nnnc2-3)cc1-n1cnc(C2CC2)c1. The van der Waals surface area contributed by atoms with E-state index in [0.717, 1.165) is 18.5 Å². The number of aryl methyl sites for hydroxylation is 1. The zero-order chi connectivity index (χ0) is 23.4. The zero-order valence-electron chi connectivity index (χ0n) is 18.7. The lowest BCUT2D eigenvalue weighted by molar-refractivity contribution is 0.102. The maximum absolute atomic E-state index is 14.9. The predicted octanol–water partition coefficient (Wildman–Crippen LogP) is 4.69. The average molecular weight is 476 g/mol. The molecule has 10 heteroatoms. The number of anilines is 1. The molecule has 2 aromatic heterocycles. The second kappa shape index (κ2) is 8.61. The van der Waals surface area contributed by atoms with Crippen LogP contribution in [0, 0.1) is 12.7 Å². The van der Waals surface area contributed by atoms with Gasteiger partial charge in [-0.15, -0.1) is 5.10 Å². The number of hydrogen-bond donors (Lipinski definition) is 1. The van der Waals surface area contributed by atoms with Crippen molar-refractivity contribution in [1.29, 1.82) is 0 Å². The number of carbonyl (C=O) groups excluding carboxylic acids is 1. The molecule has 1 atom stereocenters. The van der Waals surface area contributed by atoms with E-state index in [0.29, 0.717) is 46.6 Å². The van der Waals surface area contributed by atoms with Crippen LogP contribution in [0.15, 0.2) is 42.9 Å². The second-order valence-electron chi connectivity index (χ2n) is 8.84. The number of nitrogens with zero attached hydrogens (tertiary/aromatic N) is 6. The number of amides is 1. The number of tetrazole rings is 1. The lowest BCUT2D eigenvalue weighted by Crippen LogP contribution is -2.16. The fraction of sp³-hybridized carbons (Fsp3) is 0.320. The highest BCUT2D eigenvalue weighted by Crippen LogP contribution is 2.40. The molecule has 9 nitrogen and oxygen atoms in total. The highest BCUT2D eigenvalue weighted by molar-refractivity contribution is 6.06. The normalized spacial score (nSPS) is 16.4. The molecule has 1 saturated carbocycles. The molecule has 35 heavy (non-hydrogen) atoms. The van der Waals surface area contributed by atoms with Gasteiger partial charge in [0.15, 0.2) is 11.6 Å². The molecule has 0 spiro atoms. The lowest BCUT2D eigenvalue weighted by atomic mass is 10.1. The topological polar surface area (TPSA) is 99.7 Å². The fourth-order valence-corrected chi connectivity index (χ4v) is 4.27. The number of carbonyl (C=O) groups is 1. The monoisotopic (exact) mass is 475 g/mol. The Morgan fingerprint density at radius 3 is 2.89 bits per heavy atom. The minimum atomic E-state index is -0.596. The van der Waals surface area contributed by atoms with Gasteiger partial charge in [-0.25, -0.2) is 14.1 Å². The van der Waals surface area contributed by atoms with Gasteiger partial charge < -0.3 is 14.6 Å².